The molecular formula is C14H16ClFN2S. The predicted octanol–water partition coefficient (Wildman–Crippen LogP) is 4.07. The van der Waals surface area contributed by atoms with Crippen molar-refractivity contribution < 1.29 is 4.39 Å². The van der Waals surface area contributed by atoms with Crippen molar-refractivity contribution in [2.75, 3.05) is 18.0 Å². The number of nitrogens with zero attached hydrogens (tertiary/aromatic N) is 1. The highest BCUT2D eigenvalue weighted by Crippen LogP contribution is 2.32. The summed E-state index contributed by atoms with van der Waals surface area (Å²) in [5.41, 5.74) is 6.73. The summed E-state index contributed by atoms with van der Waals surface area (Å²) in [7, 11) is 0. The summed E-state index contributed by atoms with van der Waals surface area (Å²) in [6.07, 6.45) is 0. The first-order chi connectivity index (χ1) is 9.15. The average molecular weight is 299 g/mol. The average Bonchev–Trinajstić information content (AvgIpc) is 2.82. The largest absolute Gasteiger partial charge is 0.363 e. The Morgan fingerprint density at radius 3 is 2.74 bits per heavy atom. The molecule has 0 saturated heterocycles. The molecule has 102 valence electrons. The molecule has 0 radical (unpaired) electrons. The Balaban J connectivity index is 2.33. The van der Waals surface area contributed by atoms with Gasteiger partial charge in [-0.2, -0.15) is 0 Å². The molecule has 0 aliphatic heterocycles. The van der Waals surface area contributed by atoms with Crippen LogP contribution >= 0.6 is 22.9 Å². The minimum atomic E-state index is -0.240. The second-order valence-corrected chi connectivity index (χ2v) is 5.56. The molecule has 19 heavy (non-hydrogen) atoms. The van der Waals surface area contributed by atoms with Gasteiger partial charge in [0.15, 0.2) is 0 Å². The van der Waals surface area contributed by atoms with Gasteiger partial charge >= 0.3 is 0 Å². The predicted molar refractivity (Wildman–Crippen MR) is 80.5 cm³/mol. The zero-order chi connectivity index (χ0) is 13.8. The number of likely N-dealkylation sites (N-methyl/N-ethyl adjacent to an activating group) is 1. The van der Waals surface area contributed by atoms with E-state index in [1.165, 1.54) is 12.1 Å². The summed E-state index contributed by atoms with van der Waals surface area (Å²) in [4.78, 5) is 3.18. The van der Waals surface area contributed by atoms with Crippen molar-refractivity contribution in [3.63, 3.8) is 0 Å². The van der Waals surface area contributed by atoms with E-state index in [2.05, 4.69) is 4.90 Å². The van der Waals surface area contributed by atoms with Gasteiger partial charge < -0.3 is 10.6 Å². The fourth-order valence-electron chi connectivity index (χ4n) is 2.14. The molecule has 1 aromatic heterocycles. The normalized spacial score (nSPS) is 12.4. The molecule has 1 aromatic carbocycles. The van der Waals surface area contributed by atoms with Gasteiger partial charge in [-0.3, -0.25) is 0 Å². The monoisotopic (exact) mass is 298 g/mol. The van der Waals surface area contributed by atoms with Crippen LogP contribution in [0.25, 0.3) is 0 Å². The van der Waals surface area contributed by atoms with E-state index in [9.17, 15) is 4.39 Å². The summed E-state index contributed by atoms with van der Waals surface area (Å²) >= 11 is 7.55. The van der Waals surface area contributed by atoms with Crippen LogP contribution in [0, 0.1) is 5.82 Å². The second kappa shape index (κ2) is 6.37. The van der Waals surface area contributed by atoms with Crippen molar-refractivity contribution in [2.45, 2.75) is 13.0 Å². The van der Waals surface area contributed by atoms with Gasteiger partial charge in [-0.15, -0.1) is 11.3 Å². The minimum Gasteiger partial charge on any atom is -0.363 e. The summed E-state index contributed by atoms with van der Waals surface area (Å²) in [6, 6.07) is 8.51. The quantitative estimate of drug-likeness (QED) is 0.901. The molecule has 0 aliphatic rings. The lowest BCUT2D eigenvalue weighted by atomic mass is 10.1. The van der Waals surface area contributed by atoms with Gasteiger partial charge in [0.2, 0.25) is 0 Å². The summed E-state index contributed by atoms with van der Waals surface area (Å²) in [5.74, 6) is -0.240. The molecule has 1 atom stereocenters. The van der Waals surface area contributed by atoms with Crippen molar-refractivity contribution in [3.05, 3.63) is 51.4 Å². The molecule has 0 amide bonds. The van der Waals surface area contributed by atoms with Gasteiger partial charge in [0.1, 0.15) is 5.82 Å². The van der Waals surface area contributed by atoms with Crippen molar-refractivity contribution in [2.24, 2.45) is 5.73 Å². The van der Waals surface area contributed by atoms with Gasteiger partial charge in [-0.1, -0.05) is 17.7 Å². The first-order valence-electron chi connectivity index (χ1n) is 6.12. The van der Waals surface area contributed by atoms with Crippen LogP contribution in [0.5, 0.6) is 0 Å². The number of thiophene rings is 1. The molecule has 2 rings (SSSR count). The second-order valence-electron chi connectivity index (χ2n) is 4.18. The smallest absolute Gasteiger partial charge is 0.125 e. The molecule has 0 spiro atoms. The van der Waals surface area contributed by atoms with E-state index in [0.717, 1.165) is 17.1 Å². The molecular weight excluding hydrogens is 283 g/mol. The maximum atomic E-state index is 13.4. The Labute approximate surface area is 121 Å². The Bertz CT molecular complexity index is 544. The van der Waals surface area contributed by atoms with Crippen LogP contribution < -0.4 is 10.6 Å². The van der Waals surface area contributed by atoms with Crippen molar-refractivity contribution in [1.82, 2.24) is 0 Å². The van der Waals surface area contributed by atoms with Gasteiger partial charge in [0.25, 0.3) is 0 Å². The maximum Gasteiger partial charge on any atom is 0.125 e. The fourth-order valence-corrected chi connectivity index (χ4v) is 3.35. The fraction of sp³-hybridized carbons (Fsp3) is 0.286. The number of halogens is 2. The van der Waals surface area contributed by atoms with Crippen LogP contribution in [0.4, 0.5) is 10.1 Å². The number of anilines is 1. The molecule has 1 unspecified atom stereocenters. The highest BCUT2D eigenvalue weighted by Gasteiger charge is 2.20. The van der Waals surface area contributed by atoms with E-state index < -0.39 is 0 Å². The summed E-state index contributed by atoms with van der Waals surface area (Å²) in [5, 5.41) is 2.60. The van der Waals surface area contributed by atoms with Gasteiger partial charge in [-0.05, 0) is 31.2 Å². The van der Waals surface area contributed by atoms with Crippen LogP contribution in [0.1, 0.15) is 17.8 Å². The number of hydrogen-bond acceptors (Lipinski definition) is 3. The highest BCUT2D eigenvalue weighted by atomic mass is 35.5. The molecule has 2 N–H and O–H groups in total. The van der Waals surface area contributed by atoms with Crippen LogP contribution in [-0.2, 0) is 0 Å². The third-order valence-corrected chi connectivity index (χ3v) is 4.38. The lowest BCUT2D eigenvalue weighted by Crippen LogP contribution is -2.33. The Morgan fingerprint density at radius 1 is 1.42 bits per heavy atom. The van der Waals surface area contributed by atoms with Crippen molar-refractivity contribution >= 4 is 28.6 Å². The third kappa shape index (κ3) is 3.26. The lowest BCUT2D eigenvalue weighted by Gasteiger charge is -2.31. The van der Waals surface area contributed by atoms with E-state index in [1.807, 2.05) is 24.4 Å². The molecule has 0 aliphatic carbocycles. The maximum absolute atomic E-state index is 13.4. The summed E-state index contributed by atoms with van der Waals surface area (Å²) in [6.45, 7) is 3.24. The van der Waals surface area contributed by atoms with E-state index >= 15 is 0 Å². The topological polar surface area (TPSA) is 29.3 Å². The Kier molecular flexibility index (Phi) is 4.80. The molecule has 2 nitrogen and oxygen atoms in total. The molecule has 1 heterocycles. The van der Waals surface area contributed by atoms with Crippen LogP contribution in [0.15, 0.2) is 35.7 Å². The molecule has 0 bridgehead atoms. The van der Waals surface area contributed by atoms with E-state index in [4.69, 9.17) is 17.3 Å². The van der Waals surface area contributed by atoms with Gasteiger partial charge in [-0.25, -0.2) is 4.39 Å². The first kappa shape index (κ1) is 14.3. The molecule has 2 aromatic rings. The Hall–Kier alpha value is -1.10. The lowest BCUT2D eigenvalue weighted by molar-refractivity contribution is 0.618. The summed E-state index contributed by atoms with van der Waals surface area (Å²) < 4.78 is 13.4. The first-order valence-corrected chi connectivity index (χ1v) is 7.37. The van der Waals surface area contributed by atoms with Gasteiger partial charge in [0, 0.05) is 29.0 Å². The third-order valence-electron chi connectivity index (χ3n) is 3.00. The zero-order valence-electron chi connectivity index (χ0n) is 10.6. The van der Waals surface area contributed by atoms with Crippen molar-refractivity contribution in [1.29, 1.82) is 0 Å². The van der Waals surface area contributed by atoms with E-state index in [0.29, 0.717) is 11.6 Å². The molecule has 0 saturated carbocycles. The highest BCUT2D eigenvalue weighted by molar-refractivity contribution is 7.10. The number of rotatable bonds is 5. The Morgan fingerprint density at radius 2 is 2.21 bits per heavy atom. The molecule has 0 fully saturated rings. The number of hydrogen-bond donors (Lipinski definition) is 1. The zero-order valence-corrected chi connectivity index (χ0v) is 12.2. The van der Waals surface area contributed by atoms with Crippen LogP contribution in [0.2, 0.25) is 5.02 Å². The minimum absolute atomic E-state index is 0.0179. The number of nitrogens with two attached hydrogens (primary N) is 1. The van der Waals surface area contributed by atoms with Gasteiger partial charge in [0.05, 0.1) is 11.1 Å². The SMILES string of the molecule is CCN(c1cccc(F)c1)C(CN)c1cc(Cl)cs1. The van der Waals surface area contributed by atoms with E-state index in [-0.39, 0.29) is 11.9 Å². The van der Waals surface area contributed by atoms with Crippen LogP contribution in [-0.4, -0.2) is 13.1 Å². The van der Waals surface area contributed by atoms with Crippen LogP contribution in [0.3, 0.4) is 0 Å². The standard InChI is InChI=1S/C14H16ClFN2S/c1-2-18(12-5-3-4-11(16)7-12)13(8-17)14-6-10(15)9-19-14/h3-7,9,13H,2,8,17H2,1H3. The molecule has 5 heteroatoms. The number of benzene rings is 1. The van der Waals surface area contributed by atoms with E-state index in [1.54, 1.807) is 17.4 Å². The van der Waals surface area contributed by atoms with Crippen molar-refractivity contribution in [3.8, 4) is 0 Å².